The lowest BCUT2D eigenvalue weighted by atomic mass is 9.99. The van der Waals surface area contributed by atoms with Crippen LogP contribution in [0.3, 0.4) is 0 Å². The van der Waals surface area contributed by atoms with Crippen LogP contribution in [0.4, 0.5) is 0 Å². The Morgan fingerprint density at radius 3 is 2.13 bits per heavy atom. The van der Waals surface area contributed by atoms with Gasteiger partial charge in [0.05, 0.1) is 17.6 Å². The molecular weight excluding hydrogens is 390 g/mol. The summed E-state index contributed by atoms with van der Waals surface area (Å²) in [4.78, 5) is 40.5. The van der Waals surface area contributed by atoms with Crippen LogP contribution in [0.15, 0.2) is 58.1 Å². The maximum atomic E-state index is 13.0. The van der Waals surface area contributed by atoms with Gasteiger partial charge >= 0.3 is 11.1 Å². The first-order chi connectivity index (χ1) is 14.9. The number of nitrogens with zero attached hydrogens (tertiary/aromatic N) is 3. The zero-order valence-electron chi connectivity index (χ0n) is 18.2. The molecule has 0 saturated carbocycles. The number of hydrogen-bond donors (Lipinski definition) is 0. The highest BCUT2D eigenvalue weighted by molar-refractivity contribution is 5.77. The number of likely N-dealkylation sites (tertiary alicyclic amines) is 1. The van der Waals surface area contributed by atoms with E-state index >= 15 is 0 Å². The van der Waals surface area contributed by atoms with Gasteiger partial charge in [0, 0.05) is 26.1 Å². The highest BCUT2D eigenvalue weighted by atomic mass is 16.2. The minimum atomic E-state index is -0.578. The lowest BCUT2D eigenvalue weighted by Crippen LogP contribution is -2.43. The van der Waals surface area contributed by atoms with Crippen LogP contribution in [-0.2, 0) is 17.9 Å². The molecule has 1 aromatic heterocycles. The Morgan fingerprint density at radius 2 is 1.48 bits per heavy atom. The average Bonchev–Trinajstić information content (AvgIpc) is 2.78. The zero-order valence-corrected chi connectivity index (χ0v) is 18.2. The summed E-state index contributed by atoms with van der Waals surface area (Å²) >= 11 is 0. The number of carbonyl (C=O) groups excluding carboxylic acids is 1. The first-order valence-corrected chi connectivity index (χ1v) is 11.0. The van der Waals surface area contributed by atoms with Crippen molar-refractivity contribution in [1.29, 1.82) is 0 Å². The van der Waals surface area contributed by atoms with Gasteiger partial charge in [0.2, 0.25) is 5.91 Å². The van der Waals surface area contributed by atoms with E-state index in [1.807, 2.05) is 60.4 Å². The number of rotatable bonds is 5. The van der Waals surface area contributed by atoms with Crippen LogP contribution in [-0.4, -0.2) is 33.0 Å². The van der Waals surface area contributed by atoms with Crippen LogP contribution in [0.1, 0.15) is 37.3 Å². The molecule has 0 spiro atoms. The second-order valence-electron chi connectivity index (χ2n) is 8.64. The van der Waals surface area contributed by atoms with Crippen molar-refractivity contribution in [2.24, 2.45) is 5.92 Å². The van der Waals surface area contributed by atoms with Crippen LogP contribution in [0, 0.1) is 12.8 Å². The monoisotopic (exact) mass is 419 g/mol. The number of piperidine rings is 1. The number of hydrogen-bond acceptors (Lipinski definition) is 3. The van der Waals surface area contributed by atoms with Crippen LogP contribution in [0.5, 0.6) is 0 Å². The molecule has 4 rings (SSSR count). The van der Waals surface area contributed by atoms with E-state index in [0.717, 1.165) is 37.1 Å². The quantitative estimate of drug-likeness (QED) is 0.597. The van der Waals surface area contributed by atoms with Crippen LogP contribution >= 0.6 is 0 Å². The minimum Gasteiger partial charge on any atom is -0.343 e. The van der Waals surface area contributed by atoms with Crippen molar-refractivity contribution in [3.63, 3.8) is 0 Å². The molecule has 2 heterocycles. The molecule has 6 nitrogen and oxygen atoms in total. The van der Waals surface area contributed by atoms with Crippen molar-refractivity contribution in [1.82, 2.24) is 14.0 Å². The molecule has 6 heteroatoms. The largest absolute Gasteiger partial charge is 0.343 e. The third kappa shape index (κ3) is 4.48. The molecule has 0 atom stereocenters. The fraction of sp³-hybridized carbons (Fsp3) is 0.400. The summed E-state index contributed by atoms with van der Waals surface area (Å²) in [5, 5.41) is 0. The van der Waals surface area contributed by atoms with E-state index in [4.69, 9.17) is 0 Å². The fourth-order valence-corrected chi connectivity index (χ4v) is 4.25. The predicted molar refractivity (Wildman–Crippen MR) is 122 cm³/mol. The first kappa shape index (κ1) is 21.1. The summed E-state index contributed by atoms with van der Waals surface area (Å²) in [7, 11) is 0. The molecule has 2 aromatic carbocycles. The molecule has 1 saturated heterocycles. The van der Waals surface area contributed by atoms with Crippen molar-refractivity contribution in [3.05, 3.63) is 80.4 Å². The third-order valence-corrected chi connectivity index (χ3v) is 6.28. The van der Waals surface area contributed by atoms with Gasteiger partial charge in [-0.25, -0.2) is 0 Å². The number of aryl methyl sites for hydroxylation is 2. The summed E-state index contributed by atoms with van der Waals surface area (Å²) in [5.74, 6) is 0.698. The number of carbonyl (C=O) groups is 1. The summed E-state index contributed by atoms with van der Waals surface area (Å²) in [5.41, 5.74) is 2.35. The Hall–Kier alpha value is -3.15. The van der Waals surface area contributed by atoms with Gasteiger partial charge in [-0.2, -0.15) is 0 Å². The maximum Gasteiger partial charge on any atom is 0.317 e. The number of aromatic nitrogens is 2. The van der Waals surface area contributed by atoms with Crippen molar-refractivity contribution < 1.29 is 4.79 Å². The van der Waals surface area contributed by atoms with E-state index in [-0.39, 0.29) is 18.9 Å². The predicted octanol–water partition coefficient (Wildman–Crippen LogP) is 3.17. The highest BCUT2D eigenvalue weighted by Gasteiger charge is 2.21. The van der Waals surface area contributed by atoms with Crippen molar-refractivity contribution >= 4 is 16.9 Å². The van der Waals surface area contributed by atoms with Gasteiger partial charge in [-0.3, -0.25) is 19.0 Å². The van der Waals surface area contributed by atoms with Gasteiger partial charge in [-0.05, 0) is 43.4 Å². The van der Waals surface area contributed by atoms with Crippen molar-refractivity contribution in [2.45, 2.75) is 46.2 Å². The molecule has 1 aliphatic heterocycles. The SMILES string of the molecule is Cc1ccc(Cn2c(=O)c(=O)n(CCC(=O)N3CCC(C)CC3)c3ccccc32)cc1. The van der Waals surface area contributed by atoms with Crippen LogP contribution in [0.25, 0.3) is 11.0 Å². The molecule has 31 heavy (non-hydrogen) atoms. The molecule has 162 valence electrons. The van der Waals surface area contributed by atoms with E-state index in [0.29, 0.717) is 23.5 Å². The normalized spacial score (nSPS) is 14.8. The first-order valence-electron chi connectivity index (χ1n) is 11.0. The van der Waals surface area contributed by atoms with E-state index < -0.39 is 11.1 Å². The Bertz CT molecular complexity index is 1200. The lowest BCUT2D eigenvalue weighted by molar-refractivity contribution is -0.132. The van der Waals surface area contributed by atoms with Crippen molar-refractivity contribution in [2.75, 3.05) is 13.1 Å². The van der Waals surface area contributed by atoms with E-state index in [1.54, 1.807) is 0 Å². The third-order valence-electron chi connectivity index (χ3n) is 6.28. The number of amides is 1. The van der Waals surface area contributed by atoms with Gasteiger partial charge in [0.15, 0.2) is 0 Å². The summed E-state index contributed by atoms with van der Waals surface area (Å²) < 4.78 is 3.00. The van der Waals surface area contributed by atoms with Crippen LogP contribution in [0.2, 0.25) is 0 Å². The van der Waals surface area contributed by atoms with E-state index in [1.165, 1.54) is 9.13 Å². The Kier molecular flexibility index (Phi) is 6.07. The molecule has 0 radical (unpaired) electrons. The van der Waals surface area contributed by atoms with Crippen LogP contribution < -0.4 is 11.1 Å². The Morgan fingerprint density at radius 1 is 0.903 bits per heavy atom. The standard InChI is InChI=1S/C25H29N3O3/c1-18-7-9-20(10-8-18)17-28-22-6-4-3-5-21(22)27(24(30)25(28)31)16-13-23(29)26-14-11-19(2)12-15-26/h3-10,19H,11-17H2,1-2H3. The van der Waals surface area contributed by atoms with Gasteiger partial charge in [-0.15, -0.1) is 0 Å². The topological polar surface area (TPSA) is 64.3 Å². The molecule has 1 aliphatic rings. The second kappa shape index (κ2) is 8.92. The molecule has 0 unspecified atom stereocenters. The van der Waals surface area contributed by atoms with Gasteiger partial charge in [0.1, 0.15) is 0 Å². The van der Waals surface area contributed by atoms with Gasteiger partial charge in [-0.1, -0.05) is 48.9 Å². The van der Waals surface area contributed by atoms with Gasteiger partial charge in [0.25, 0.3) is 0 Å². The summed E-state index contributed by atoms with van der Waals surface area (Å²) in [6, 6.07) is 15.4. The fourth-order valence-electron chi connectivity index (χ4n) is 4.25. The van der Waals surface area contributed by atoms with Gasteiger partial charge < -0.3 is 9.47 Å². The molecule has 1 amide bonds. The number of fused-ring (bicyclic) bond motifs is 1. The molecule has 0 aliphatic carbocycles. The summed E-state index contributed by atoms with van der Waals surface area (Å²) in [6.07, 6.45) is 2.26. The maximum absolute atomic E-state index is 13.0. The smallest absolute Gasteiger partial charge is 0.317 e. The lowest BCUT2D eigenvalue weighted by Gasteiger charge is -2.30. The second-order valence-corrected chi connectivity index (χ2v) is 8.64. The molecule has 0 N–H and O–H groups in total. The van der Waals surface area contributed by atoms with Crippen molar-refractivity contribution in [3.8, 4) is 0 Å². The number of para-hydroxylation sites is 2. The molecule has 1 fully saturated rings. The molecular formula is C25H29N3O3. The molecule has 0 bridgehead atoms. The van der Waals surface area contributed by atoms with E-state index in [2.05, 4.69) is 6.92 Å². The van der Waals surface area contributed by atoms with E-state index in [9.17, 15) is 14.4 Å². The summed E-state index contributed by atoms with van der Waals surface area (Å²) in [6.45, 7) is 6.31. The Balaban J connectivity index is 1.63. The Labute approximate surface area is 181 Å². The highest BCUT2D eigenvalue weighted by Crippen LogP contribution is 2.17. The minimum absolute atomic E-state index is 0.0479. The zero-order chi connectivity index (χ0) is 22.0. The number of benzene rings is 2. The molecule has 3 aromatic rings. The average molecular weight is 420 g/mol.